The van der Waals surface area contributed by atoms with Crippen molar-refractivity contribution < 1.29 is 23.1 Å². The summed E-state index contributed by atoms with van der Waals surface area (Å²) in [6.45, 7) is 4.85. The van der Waals surface area contributed by atoms with Crippen LogP contribution in [-0.2, 0) is 12.7 Å². The van der Waals surface area contributed by atoms with Gasteiger partial charge in [-0.25, -0.2) is 0 Å². The number of benzene rings is 1. The number of fused-ring (bicyclic) bond motifs is 1. The van der Waals surface area contributed by atoms with Gasteiger partial charge in [0.2, 0.25) is 0 Å². The molecule has 110 valence electrons. The molecule has 20 heavy (non-hydrogen) atoms. The normalized spacial score (nSPS) is 16.8. The van der Waals surface area contributed by atoms with E-state index in [9.17, 15) is 23.1 Å². The van der Waals surface area contributed by atoms with Gasteiger partial charge in [0.05, 0.1) is 11.7 Å². The van der Waals surface area contributed by atoms with Crippen molar-refractivity contribution >= 4 is 5.91 Å². The van der Waals surface area contributed by atoms with Crippen LogP contribution in [0.1, 0.15) is 53.9 Å². The minimum absolute atomic E-state index is 0.000556. The minimum atomic E-state index is -4.54. The van der Waals surface area contributed by atoms with Crippen LogP contribution >= 0.6 is 0 Å². The Morgan fingerprint density at radius 1 is 1.25 bits per heavy atom. The van der Waals surface area contributed by atoms with Gasteiger partial charge in [0.15, 0.2) is 0 Å². The number of nitrogens with zero attached hydrogens (tertiary/aromatic N) is 1. The molecule has 0 aromatic heterocycles. The number of halogens is 3. The van der Waals surface area contributed by atoms with Crippen molar-refractivity contribution in [3.8, 4) is 0 Å². The van der Waals surface area contributed by atoms with Crippen molar-refractivity contribution in [2.24, 2.45) is 0 Å². The van der Waals surface area contributed by atoms with E-state index in [1.54, 1.807) is 13.8 Å². The maximum absolute atomic E-state index is 13.1. The van der Waals surface area contributed by atoms with Crippen molar-refractivity contribution in [2.45, 2.75) is 45.6 Å². The summed E-state index contributed by atoms with van der Waals surface area (Å²) in [5.74, 6) is -0.414. The van der Waals surface area contributed by atoms with E-state index in [2.05, 4.69) is 0 Å². The summed E-state index contributed by atoms with van der Waals surface area (Å²) in [5.41, 5.74) is -0.678. The highest BCUT2D eigenvalue weighted by molar-refractivity contribution is 5.99. The molecule has 1 N–H and O–H groups in total. The van der Waals surface area contributed by atoms with Gasteiger partial charge in [-0.15, -0.1) is 0 Å². The van der Waals surface area contributed by atoms with E-state index in [0.717, 1.165) is 6.07 Å². The molecule has 0 fully saturated rings. The van der Waals surface area contributed by atoms with Crippen molar-refractivity contribution in [1.82, 2.24) is 4.90 Å². The number of amides is 1. The van der Waals surface area contributed by atoms with Crippen molar-refractivity contribution in [3.63, 3.8) is 0 Å². The lowest BCUT2D eigenvalue weighted by molar-refractivity contribution is -0.138. The molecule has 0 bridgehead atoms. The number of rotatable bonds is 2. The molecule has 3 nitrogen and oxygen atoms in total. The van der Waals surface area contributed by atoms with E-state index in [-0.39, 0.29) is 29.3 Å². The molecule has 0 saturated heterocycles. The van der Waals surface area contributed by atoms with Crippen LogP contribution < -0.4 is 0 Å². The largest absolute Gasteiger partial charge is 0.416 e. The fourth-order valence-electron chi connectivity index (χ4n) is 2.36. The zero-order chi connectivity index (χ0) is 15.2. The highest BCUT2D eigenvalue weighted by atomic mass is 19.4. The summed E-state index contributed by atoms with van der Waals surface area (Å²) in [4.78, 5) is 13.6. The smallest absolute Gasteiger partial charge is 0.389 e. The Labute approximate surface area is 115 Å². The Balaban J connectivity index is 2.63. The predicted molar refractivity (Wildman–Crippen MR) is 67.1 cm³/mol. The van der Waals surface area contributed by atoms with Gasteiger partial charge in [-0.1, -0.05) is 0 Å². The molecule has 1 unspecified atom stereocenters. The molecule has 0 radical (unpaired) electrons. The number of alkyl halides is 3. The molecular formula is C14H16F3NO2. The van der Waals surface area contributed by atoms with Crippen LogP contribution in [0.2, 0.25) is 0 Å². The Morgan fingerprint density at radius 3 is 2.30 bits per heavy atom. The number of carbonyl (C=O) groups excluding carboxylic acids is 1. The molecule has 1 aliphatic rings. The van der Waals surface area contributed by atoms with Gasteiger partial charge in [0.1, 0.15) is 0 Å². The van der Waals surface area contributed by atoms with E-state index in [4.69, 9.17) is 0 Å². The highest BCUT2D eigenvalue weighted by Crippen LogP contribution is 2.39. The molecule has 1 aromatic rings. The number of aliphatic hydroxyl groups excluding tert-OH is 1. The first-order valence-electron chi connectivity index (χ1n) is 6.36. The second-order valence-electron chi connectivity index (χ2n) is 5.30. The first-order valence-corrected chi connectivity index (χ1v) is 6.36. The van der Waals surface area contributed by atoms with Gasteiger partial charge in [0.25, 0.3) is 5.91 Å². The first-order chi connectivity index (χ1) is 9.12. The van der Waals surface area contributed by atoms with Gasteiger partial charge in [-0.2, -0.15) is 13.2 Å². The van der Waals surface area contributed by atoms with Crippen LogP contribution in [0.15, 0.2) is 12.1 Å². The third-order valence-corrected chi connectivity index (χ3v) is 3.50. The van der Waals surface area contributed by atoms with Crippen LogP contribution in [0, 0.1) is 0 Å². The standard InChI is InChI=1S/C14H16F3NO2/c1-7(2)18-6-11-10(13(18)20)4-9(8(3)19)5-12(11)14(15,16)17/h4-5,7-8,19H,6H2,1-3H3. The predicted octanol–water partition coefficient (Wildman–Crippen LogP) is 3.12. The Morgan fingerprint density at radius 2 is 1.85 bits per heavy atom. The molecule has 0 saturated carbocycles. The van der Waals surface area contributed by atoms with E-state index >= 15 is 0 Å². The zero-order valence-electron chi connectivity index (χ0n) is 11.5. The summed E-state index contributed by atoms with van der Waals surface area (Å²) in [5, 5.41) is 9.51. The zero-order valence-corrected chi connectivity index (χ0v) is 11.5. The van der Waals surface area contributed by atoms with Crippen LogP contribution in [0.4, 0.5) is 13.2 Å². The Hall–Kier alpha value is -1.56. The number of hydrogen-bond acceptors (Lipinski definition) is 2. The Bertz CT molecular complexity index is 550. The van der Waals surface area contributed by atoms with Crippen LogP contribution in [0.25, 0.3) is 0 Å². The molecule has 1 heterocycles. The first kappa shape index (κ1) is 14.8. The minimum Gasteiger partial charge on any atom is -0.389 e. The maximum atomic E-state index is 13.1. The second kappa shape index (κ2) is 4.77. The summed E-state index contributed by atoms with van der Waals surface area (Å²) in [6, 6.07) is 2.12. The molecule has 0 aliphatic carbocycles. The average molecular weight is 287 g/mol. The molecule has 1 aliphatic heterocycles. The fraction of sp³-hybridized carbons (Fsp3) is 0.500. The highest BCUT2D eigenvalue weighted by Gasteiger charge is 2.40. The van der Waals surface area contributed by atoms with Gasteiger partial charge in [-0.05, 0) is 44.0 Å². The molecule has 0 spiro atoms. The second-order valence-corrected chi connectivity index (χ2v) is 5.30. The van der Waals surface area contributed by atoms with Crippen molar-refractivity contribution in [3.05, 3.63) is 34.4 Å². The molecule has 1 aromatic carbocycles. The fourth-order valence-corrected chi connectivity index (χ4v) is 2.36. The molecule has 1 amide bonds. The molecule has 2 rings (SSSR count). The number of aliphatic hydroxyl groups is 1. The molecular weight excluding hydrogens is 271 g/mol. The van der Waals surface area contributed by atoms with Gasteiger partial charge in [-0.3, -0.25) is 4.79 Å². The maximum Gasteiger partial charge on any atom is 0.416 e. The summed E-state index contributed by atoms with van der Waals surface area (Å²) in [7, 11) is 0. The number of hydrogen-bond donors (Lipinski definition) is 1. The lowest BCUT2D eigenvalue weighted by Crippen LogP contribution is -2.30. The van der Waals surface area contributed by atoms with Gasteiger partial charge < -0.3 is 10.0 Å². The monoisotopic (exact) mass is 287 g/mol. The Kier molecular flexibility index (Phi) is 3.54. The van der Waals surface area contributed by atoms with E-state index in [1.807, 2.05) is 0 Å². The van der Waals surface area contributed by atoms with Crippen molar-refractivity contribution in [1.29, 1.82) is 0 Å². The average Bonchev–Trinajstić information content (AvgIpc) is 2.64. The van der Waals surface area contributed by atoms with Gasteiger partial charge in [0, 0.05) is 18.2 Å². The van der Waals surface area contributed by atoms with Crippen molar-refractivity contribution in [2.75, 3.05) is 0 Å². The SMILES string of the molecule is CC(O)c1cc2c(c(C(F)(F)F)c1)CN(C(C)C)C2=O. The van der Waals surface area contributed by atoms with Crippen LogP contribution in [0.5, 0.6) is 0 Å². The third-order valence-electron chi connectivity index (χ3n) is 3.50. The van der Waals surface area contributed by atoms with E-state index in [1.165, 1.54) is 17.9 Å². The molecule has 1 atom stereocenters. The van der Waals surface area contributed by atoms with Gasteiger partial charge >= 0.3 is 6.18 Å². The summed E-state index contributed by atoms with van der Waals surface area (Å²) < 4.78 is 39.4. The topological polar surface area (TPSA) is 40.5 Å². The van der Waals surface area contributed by atoms with E-state index in [0.29, 0.717) is 0 Å². The lowest BCUT2D eigenvalue weighted by atomic mass is 9.97. The number of carbonyl (C=O) groups is 1. The summed E-state index contributed by atoms with van der Waals surface area (Å²) >= 11 is 0. The molecule has 6 heteroatoms. The van der Waals surface area contributed by atoms with E-state index < -0.39 is 23.8 Å². The lowest BCUT2D eigenvalue weighted by Gasteiger charge is -2.20. The van der Waals surface area contributed by atoms with Crippen LogP contribution in [0.3, 0.4) is 0 Å². The third kappa shape index (κ3) is 2.40. The quantitative estimate of drug-likeness (QED) is 0.908. The summed E-state index contributed by atoms with van der Waals surface area (Å²) in [6.07, 6.45) is -5.59. The van der Waals surface area contributed by atoms with Crippen LogP contribution in [-0.4, -0.2) is 22.0 Å².